The number of aliphatic imine (C=N–C) groups is 1. The van der Waals surface area contributed by atoms with Crippen molar-refractivity contribution in [2.75, 3.05) is 31.5 Å². The first kappa shape index (κ1) is 22.6. The predicted octanol–water partition coefficient (Wildman–Crippen LogP) is 1.53. The largest absolute Gasteiger partial charge is 0.451 e. The van der Waals surface area contributed by atoms with E-state index in [0.717, 1.165) is 7.11 Å². The molecule has 0 saturated carbocycles. The minimum absolute atomic E-state index is 0.0746. The number of amides is 2. The Hall–Kier alpha value is -3.64. The van der Waals surface area contributed by atoms with Crippen molar-refractivity contribution in [3.05, 3.63) is 48.5 Å². The lowest BCUT2D eigenvalue weighted by atomic mass is 10.2. The van der Waals surface area contributed by atoms with Crippen molar-refractivity contribution in [3.63, 3.8) is 0 Å². The van der Waals surface area contributed by atoms with Gasteiger partial charge in [-0.1, -0.05) is 18.2 Å². The summed E-state index contributed by atoms with van der Waals surface area (Å²) in [5, 5.41) is 5.08. The maximum Gasteiger partial charge on any atom is 0.436 e. The van der Waals surface area contributed by atoms with Gasteiger partial charge in [-0.05, 0) is 24.3 Å². The Morgan fingerprint density at radius 1 is 1.07 bits per heavy atom. The Bertz CT molecular complexity index is 1040. The van der Waals surface area contributed by atoms with Gasteiger partial charge in [0.1, 0.15) is 11.5 Å². The Balaban J connectivity index is 2.38. The number of carbonyl (C=O) groups is 2. The minimum Gasteiger partial charge on any atom is -0.451 e. The molecule has 0 radical (unpaired) electrons. The van der Waals surface area contributed by atoms with Gasteiger partial charge in [-0.25, -0.2) is 4.79 Å². The summed E-state index contributed by atoms with van der Waals surface area (Å²) < 4.78 is 39.5. The third kappa shape index (κ3) is 6.46. The smallest absolute Gasteiger partial charge is 0.436 e. The zero-order valence-corrected chi connectivity index (χ0v) is 16.9. The van der Waals surface area contributed by atoms with Crippen molar-refractivity contribution in [1.29, 1.82) is 0 Å². The molecule has 0 fully saturated rings. The molecule has 30 heavy (non-hydrogen) atoms. The van der Waals surface area contributed by atoms with Gasteiger partial charge in [0.25, 0.3) is 0 Å². The standard InChI is InChI=1S/C18H20N4O7S/c1-27-11-16(23)21-14-9-8-12(20-17(19)22-18(24)28-2)10-15(14)29-30(25,26)13-6-4-3-5-7-13/h3-10H,11H2,1-2H3,(H,21,23)(H3,19,20,22,24). The number of hydrogen-bond donors (Lipinski definition) is 3. The molecule has 0 spiro atoms. The van der Waals surface area contributed by atoms with Gasteiger partial charge in [-0.15, -0.1) is 4.99 Å². The van der Waals surface area contributed by atoms with Crippen LogP contribution in [-0.2, 0) is 24.4 Å². The van der Waals surface area contributed by atoms with Crippen LogP contribution in [0.2, 0.25) is 0 Å². The molecule has 0 atom stereocenters. The molecule has 11 nitrogen and oxygen atoms in total. The number of anilines is 2. The maximum atomic E-state index is 12.6. The second-order valence-corrected chi connectivity index (χ2v) is 7.18. The van der Waals surface area contributed by atoms with Crippen molar-refractivity contribution in [2.45, 2.75) is 4.90 Å². The van der Waals surface area contributed by atoms with Crippen LogP contribution in [0, 0.1) is 0 Å². The fraction of sp³-hybridized carbons (Fsp3) is 0.167. The third-order valence-electron chi connectivity index (χ3n) is 3.42. The van der Waals surface area contributed by atoms with Crippen LogP contribution in [0.5, 0.6) is 5.75 Å². The van der Waals surface area contributed by atoms with E-state index < -0.39 is 22.1 Å². The van der Waals surface area contributed by atoms with Gasteiger partial charge in [0.15, 0.2) is 5.75 Å². The van der Waals surface area contributed by atoms with E-state index in [1.54, 1.807) is 18.2 Å². The van der Waals surface area contributed by atoms with Crippen LogP contribution >= 0.6 is 0 Å². The van der Waals surface area contributed by atoms with E-state index >= 15 is 0 Å². The van der Waals surface area contributed by atoms with E-state index in [-0.39, 0.29) is 34.6 Å². The highest BCUT2D eigenvalue weighted by Crippen LogP contribution is 2.31. The van der Waals surface area contributed by atoms with Gasteiger partial charge >= 0.3 is 16.2 Å². The molecular weight excluding hydrogens is 416 g/mol. The summed E-state index contributed by atoms with van der Waals surface area (Å²) >= 11 is 0. The van der Waals surface area contributed by atoms with Crippen molar-refractivity contribution >= 4 is 39.5 Å². The highest BCUT2D eigenvalue weighted by Gasteiger charge is 2.20. The van der Waals surface area contributed by atoms with Gasteiger partial charge in [0.05, 0.1) is 12.8 Å². The normalized spacial score (nSPS) is 11.5. The molecule has 0 aliphatic carbocycles. The lowest BCUT2D eigenvalue weighted by molar-refractivity contribution is -0.119. The van der Waals surface area contributed by atoms with Gasteiger partial charge in [-0.3, -0.25) is 4.79 Å². The highest BCUT2D eigenvalue weighted by atomic mass is 32.2. The molecule has 0 unspecified atom stereocenters. The van der Waals surface area contributed by atoms with Crippen LogP contribution in [0.1, 0.15) is 0 Å². The molecule has 0 aliphatic rings. The first-order valence-corrected chi connectivity index (χ1v) is 9.77. The summed E-state index contributed by atoms with van der Waals surface area (Å²) in [6, 6.07) is 11.6. The monoisotopic (exact) mass is 436 g/mol. The third-order valence-corrected chi connectivity index (χ3v) is 4.67. The van der Waals surface area contributed by atoms with Gasteiger partial charge < -0.3 is 30.0 Å². The van der Waals surface area contributed by atoms with E-state index in [2.05, 4.69) is 20.4 Å². The van der Waals surface area contributed by atoms with Gasteiger partial charge in [0, 0.05) is 18.9 Å². The number of rotatable bonds is 7. The molecule has 2 rings (SSSR count). The lowest BCUT2D eigenvalue weighted by Gasteiger charge is -2.14. The van der Waals surface area contributed by atoms with Crippen molar-refractivity contribution in [3.8, 4) is 5.75 Å². The SMILES string of the molecule is COCC(=O)Nc1ccc(NC(N)=NC(=O)OC)cc1OS(=O)(=O)c1ccccc1. The van der Waals surface area contributed by atoms with Crippen LogP contribution in [0.25, 0.3) is 0 Å². The molecule has 0 aliphatic heterocycles. The minimum atomic E-state index is -4.20. The Kier molecular flexibility index (Phi) is 7.72. The summed E-state index contributed by atoms with van der Waals surface area (Å²) in [5.41, 5.74) is 5.92. The van der Waals surface area contributed by atoms with Crippen LogP contribution in [0.4, 0.5) is 16.2 Å². The van der Waals surface area contributed by atoms with Crippen LogP contribution in [-0.4, -0.2) is 47.2 Å². The predicted molar refractivity (Wildman–Crippen MR) is 109 cm³/mol. The van der Waals surface area contributed by atoms with Crippen molar-refractivity contribution in [2.24, 2.45) is 10.7 Å². The highest BCUT2D eigenvalue weighted by molar-refractivity contribution is 7.87. The second-order valence-electron chi connectivity index (χ2n) is 5.63. The number of guanidine groups is 1. The summed E-state index contributed by atoms with van der Waals surface area (Å²) in [6.07, 6.45) is -0.924. The first-order chi connectivity index (χ1) is 14.2. The number of benzene rings is 2. The molecule has 4 N–H and O–H groups in total. The second kappa shape index (κ2) is 10.2. The summed E-state index contributed by atoms with van der Waals surface area (Å²) in [6.45, 7) is -0.246. The zero-order chi connectivity index (χ0) is 22.1. The van der Waals surface area contributed by atoms with Crippen molar-refractivity contribution < 1.29 is 31.7 Å². The number of hydrogen-bond acceptors (Lipinski definition) is 7. The van der Waals surface area contributed by atoms with Crippen LogP contribution in [0.15, 0.2) is 58.4 Å². The van der Waals surface area contributed by atoms with E-state index in [4.69, 9.17) is 14.7 Å². The van der Waals surface area contributed by atoms with E-state index in [9.17, 15) is 18.0 Å². The quantitative estimate of drug-likeness (QED) is 0.332. The van der Waals surface area contributed by atoms with E-state index in [1.807, 2.05) is 0 Å². The Labute approximate surface area is 173 Å². The molecule has 2 aromatic carbocycles. The fourth-order valence-corrected chi connectivity index (χ4v) is 3.12. The summed E-state index contributed by atoms with van der Waals surface area (Å²) in [7, 11) is -1.72. The molecule has 0 bridgehead atoms. The molecule has 2 amide bonds. The van der Waals surface area contributed by atoms with E-state index in [1.165, 1.54) is 37.4 Å². The Morgan fingerprint density at radius 3 is 2.40 bits per heavy atom. The Morgan fingerprint density at radius 2 is 1.77 bits per heavy atom. The number of carbonyl (C=O) groups excluding carboxylic acids is 2. The number of methoxy groups -OCH3 is 2. The first-order valence-electron chi connectivity index (χ1n) is 8.36. The molecule has 12 heteroatoms. The molecule has 0 saturated heterocycles. The molecule has 0 aromatic heterocycles. The average molecular weight is 436 g/mol. The topological polar surface area (TPSA) is 158 Å². The molecular formula is C18H20N4O7S. The van der Waals surface area contributed by atoms with E-state index in [0.29, 0.717) is 0 Å². The summed E-state index contributed by atoms with van der Waals surface area (Å²) in [4.78, 5) is 26.4. The van der Waals surface area contributed by atoms with Gasteiger partial charge in [0.2, 0.25) is 11.9 Å². The molecule has 160 valence electrons. The van der Waals surface area contributed by atoms with Crippen LogP contribution in [0.3, 0.4) is 0 Å². The number of nitrogens with zero attached hydrogens (tertiary/aromatic N) is 1. The number of nitrogens with two attached hydrogens (primary N) is 1. The van der Waals surface area contributed by atoms with Crippen molar-refractivity contribution in [1.82, 2.24) is 0 Å². The number of ether oxygens (including phenoxy) is 2. The van der Waals surface area contributed by atoms with Crippen LogP contribution < -0.4 is 20.6 Å². The maximum absolute atomic E-state index is 12.6. The van der Waals surface area contributed by atoms with Gasteiger partial charge in [-0.2, -0.15) is 8.42 Å². The fourth-order valence-electron chi connectivity index (χ4n) is 2.16. The molecule has 0 heterocycles. The molecule has 2 aromatic rings. The summed E-state index contributed by atoms with van der Waals surface area (Å²) in [5.74, 6) is -1.01. The zero-order valence-electron chi connectivity index (χ0n) is 16.1. The average Bonchev–Trinajstić information content (AvgIpc) is 2.70. The lowest BCUT2D eigenvalue weighted by Crippen LogP contribution is -2.24. The number of nitrogens with one attached hydrogen (secondary N) is 2.